The lowest BCUT2D eigenvalue weighted by molar-refractivity contribution is 0.298. The normalized spacial score (nSPS) is 12.2. The zero-order valence-corrected chi connectivity index (χ0v) is 12.6. The average molecular weight is 313 g/mol. The molecular weight excluding hydrogens is 299 g/mol. The van der Waals surface area contributed by atoms with Crippen molar-refractivity contribution in [2.75, 3.05) is 12.4 Å². The number of thiol groups is 1. The first-order valence-electron chi connectivity index (χ1n) is 5.94. The van der Waals surface area contributed by atoms with Gasteiger partial charge in [0, 0.05) is 16.7 Å². The molecule has 0 spiro atoms. The fraction of sp³-hybridized carbons (Fsp3) is 0.200. The summed E-state index contributed by atoms with van der Waals surface area (Å²) >= 11 is 16.3. The standard InChI is InChI=1S/C15H14Cl2OS/c16-13-6-7-15(14(17)8-13)18-9-12(10-19)11-4-2-1-3-5-11/h1-8,12,19H,9-10H2. The van der Waals surface area contributed by atoms with Gasteiger partial charge < -0.3 is 4.74 Å². The van der Waals surface area contributed by atoms with Crippen LogP contribution in [0, 0.1) is 0 Å². The van der Waals surface area contributed by atoms with Gasteiger partial charge >= 0.3 is 0 Å². The highest BCUT2D eigenvalue weighted by atomic mass is 35.5. The molecule has 4 heteroatoms. The maximum absolute atomic E-state index is 6.07. The summed E-state index contributed by atoms with van der Waals surface area (Å²) in [4.78, 5) is 0. The molecule has 0 aliphatic heterocycles. The maximum atomic E-state index is 6.07. The first-order chi connectivity index (χ1) is 9.20. The number of ether oxygens (including phenoxy) is 1. The van der Waals surface area contributed by atoms with Crippen LogP contribution in [0.5, 0.6) is 5.75 Å². The molecule has 0 aliphatic rings. The lowest BCUT2D eigenvalue weighted by atomic mass is 10.0. The second-order valence-corrected chi connectivity index (χ2v) is 5.38. The van der Waals surface area contributed by atoms with Crippen molar-refractivity contribution in [1.82, 2.24) is 0 Å². The Balaban J connectivity index is 2.04. The third-order valence-corrected chi connectivity index (χ3v) is 3.80. The molecule has 0 aromatic heterocycles. The number of hydrogen-bond acceptors (Lipinski definition) is 2. The van der Waals surface area contributed by atoms with E-state index >= 15 is 0 Å². The Morgan fingerprint density at radius 1 is 1.05 bits per heavy atom. The molecule has 0 saturated carbocycles. The van der Waals surface area contributed by atoms with Gasteiger partial charge in [0.1, 0.15) is 5.75 Å². The van der Waals surface area contributed by atoms with Crippen LogP contribution in [0.1, 0.15) is 11.5 Å². The van der Waals surface area contributed by atoms with Crippen molar-refractivity contribution >= 4 is 35.8 Å². The summed E-state index contributed by atoms with van der Waals surface area (Å²) in [7, 11) is 0. The van der Waals surface area contributed by atoms with E-state index in [2.05, 4.69) is 24.8 Å². The fourth-order valence-corrected chi connectivity index (χ4v) is 2.54. The Morgan fingerprint density at radius 3 is 2.42 bits per heavy atom. The zero-order valence-electron chi connectivity index (χ0n) is 10.2. The quantitative estimate of drug-likeness (QED) is 0.757. The number of rotatable bonds is 5. The highest BCUT2D eigenvalue weighted by Gasteiger charge is 2.11. The largest absolute Gasteiger partial charge is 0.491 e. The number of hydrogen-bond donors (Lipinski definition) is 1. The van der Waals surface area contributed by atoms with Crippen molar-refractivity contribution in [1.29, 1.82) is 0 Å². The third-order valence-electron chi connectivity index (χ3n) is 2.83. The molecule has 0 N–H and O–H groups in total. The Morgan fingerprint density at radius 2 is 1.79 bits per heavy atom. The van der Waals surface area contributed by atoms with E-state index < -0.39 is 0 Å². The van der Waals surface area contributed by atoms with E-state index in [1.807, 2.05) is 18.2 Å². The lowest BCUT2D eigenvalue weighted by Gasteiger charge is -2.16. The minimum absolute atomic E-state index is 0.233. The minimum atomic E-state index is 0.233. The van der Waals surface area contributed by atoms with E-state index in [4.69, 9.17) is 27.9 Å². The molecule has 2 rings (SSSR count). The van der Waals surface area contributed by atoms with Crippen molar-refractivity contribution in [3.8, 4) is 5.75 Å². The van der Waals surface area contributed by atoms with Crippen molar-refractivity contribution in [2.24, 2.45) is 0 Å². The van der Waals surface area contributed by atoms with Gasteiger partial charge in [-0.2, -0.15) is 12.6 Å². The Labute approximate surface area is 128 Å². The van der Waals surface area contributed by atoms with E-state index in [9.17, 15) is 0 Å². The molecule has 0 amide bonds. The highest BCUT2D eigenvalue weighted by molar-refractivity contribution is 7.80. The second kappa shape index (κ2) is 7.09. The predicted octanol–water partition coefficient (Wildman–Crippen LogP) is 5.09. The second-order valence-electron chi connectivity index (χ2n) is 4.18. The topological polar surface area (TPSA) is 9.23 Å². The molecule has 0 radical (unpaired) electrons. The van der Waals surface area contributed by atoms with Crippen molar-refractivity contribution < 1.29 is 4.74 Å². The molecule has 0 bridgehead atoms. The van der Waals surface area contributed by atoms with Crippen LogP contribution in [0.2, 0.25) is 10.0 Å². The molecule has 2 aromatic rings. The van der Waals surface area contributed by atoms with Crippen molar-refractivity contribution in [3.05, 3.63) is 64.1 Å². The van der Waals surface area contributed by atoms with E-state index in [1.54, 1.807) is 18.2 Å². The Bertz CT molecular complexity index is 531. The van der Waals surface area contributed by atoms with Crippen LogP contribution in [0.3, 0.4) is 0 Å². The zero-order chi connectivity index (χ0) is 13.7. The third kappa shape index (κ3) is 4.07. The van der Waals surface area contributed by atoms with Gasteiger partial charge in [-0.1, -0.05) is 53.5 Å². The van der Waals surface area contributed by atoms with Crippen LogP contribution >= 0.6 is 35.8 Å². The van der Waals surface area contributed by atoms with Crippen LogP contribution in [-0.4, -0.2) is 12.4 Å². The Hall–Kier alpha value is -0.830. The maximum Gasteiger partial charge on any atom is 0.138 e. The molecule has 2 aromatic carbocycles. The van der Waals surface area contributed by atoms with Gasteiger partial charge in [-0.25, -0.2) is 0 Å². The van der Waals surface area contributed by atoms with Gasteiger partial charge in [0.25, 0.3) is 0 Å². The first-order valence-corrected chi connectivity index (χ1v) is 7.33. The Kier molecular flexibility index (Phi) is 5.44. The molecule has 100 valence electrons. The van der Waals surface area contributed by atoms with Crippen LogP contribution in [0.25, 0.3) is 0 Å². The molecule has 1 nitrogen and oxygen atoms in total. The summed E-state index contributed by atoms with van der Waals surface area (Å²) in [5, 5.41) is 1.13. The van der Waals surface area contributed by atoms with E-state index in [0.717, 1.165) is 5.75 Å². The SMILES string of the molecule is SCC(COc1ccc(Cl)cc1Cl)c1ccccc1. The molecule has 19 heavy (non-hydrogen) atoms. The molecular formula is C15H14Cl2OS. The van der Waals surface area contributed by atoms with Crippen LogP contribution in [0.15, 0.2) is 48.5 Å². The molecule has 0 aliphatic carbocycles. The van der Waals surface area contributed by atoms with Gasteiger partial charge in [0.15, 0.2) is 0 Å². The van der Waals surface area contributed by atoms with Crippen LogP contribution < -0.4 is 4.74 Å². The monoisotopic (exact) mass is 312 g/mol. The predicted molar refractivity (Wildman–Crippen MR) is 85.0 cm³/mol. The minimum Gasteiger partial charge on any atom is -0.491 e. The fourth-order valence-electron chi connectivity index (χ4n) is 1.76. The van der Waals surface area contributed by atoms with Gasteiger partial charge in [0.05, 0.1) is 11.6 Å². The van der Waals surface area contributed by atoms with Gasteiger partial charge in [-0.15, -0.1) is 0 Å². The summed E-state index contributed by atoms with van der Waals surface area (Å²) < 4.78 is 5.76. The number of benzene rings is 2. The summed E-state index contributed by atoms with van der Waals surface area (Å²) in [5.41, 5.74) is 1.21. The van der Waals surface area contributed by atoms with Crippen molar-refractivity contribution in [2.45, 2.75) is 5.92 Å². The molecule has 0 heterocycles. The van der Waals surface area contributed by atoms with Gasteiger partial charge in [0.2, 0.25) is 0 Å². The first kappa shape index (κ1) is 14.6. The smallest absolute Gasteiger partial charge is 0.138 e. The lowest BCUT2D eigenvalue weighted by Crippen LogP contribution is -2.12. The summed E-state index contributed by atoms with van der Waals surface area (Å²) in [5.74, 6) is 1.60. The van der Waals surface area contributed by atoms with Gasteiger partial charge in [-0.05, 0) is 23.8 Å². The molecule has 1 unspecified atom stereocenters. The summed E-state index contributed by atoms with van der Waals surface area (Å²) in [6.45, 7) is 0.537. The van der Waals surface area contributed by atoms with E-state index in [0.29, 0.717) is 22.4 Å². The highest BCUT2D eigenvalue weighted by Crippen LogP contribution is 2.29. The molecule has 0 saturated heterocycles. The summed E-state index contributed by atoms with van der Waals surface area (Å²) in [6.07, 6.45) is 0. The molecule has 0 fully saturated rings. The van der Waals surface area contributed by atoms with Crippen LogP contribution in [-0.2, 0) is 0 Å². The summed E-state index contributed by atoms with van der Waals surface area (Å²) in [6, 6.07) is 15.4. The average Bonchev–Trinajstić information content (AvgIpc) is 2.43. The van der Waals surface area contributed by atoms with Crippen molar-refractivity contribution in [3.63, 3.8) is 0 Å². The van der Waals surface area contributed by atoms with E-state index in [1.165, 1.54) is 5.56 Å². The molecule has 1 atom stereocenters. The van der Waals surface area contributed by atoms with Gasteiger partial charge in [-0.3, -0.25) is 0 Å². The number of halogens is 2. The van der Waals surface area contributed by atoms with Crippen LogP contribution in [0.4, 0.5) is 0 Å². The van der Waals surface area contributed by atoms with E-state index in [-0.39, 0.29) is 5.92 Å².